The summed E-state index contributed by atoms with van der Waals surface area (Å²) in [5, 5.41) is 3.82. The van der Waals surface area contributed by atoms with Crippen molar-refractivity contribution in [3.05, 3.63) is 64.4 Å². The Morgan fingerprint density at radius 2 is 2.05 bits per heavy atom. The van der Waals surface area contributed by atoms with Crippen LogP contribution in [0.15, 0.2) is 36.7 Å². The fourth-order valence-corrected chi connectivity index (χ4v) is 2.27. The lowest BCUT2D eigenvalue weighted by atomic mass is 9.99. The second kappa shape index (κ2) is 6.77. The Bertz CT molecular complexity index is 590. The van der Waals surface area contributed by atoms with Crippen LogP contribution in [0.2, 0.25) is 5.02 Å². The maximum atomic E-state index is 13.4. The first-order valence-corrected chi connectivity index (χ1v) is 6.76. The van der Waals surface area contributed by atoms with Crippen molar-refractivity contribution < 1.29 is 8.78 Å². The van der Waals surface area contributed by atoms with Crippen LogP contribution in [0.5, 0.6) is 0 Å². The number of rotatable bonds is 5. The average molecular weight is 297 g/mol. The zero-order valence-electron chi connectivity index (χ0n) is 11.0. The summed E-state index contributed by atoms with van der Waals surface area (Å²) in [6.45, 7) is 2.67. The number of benzene rings is 1. The standard InChI is InChI=1S/C15H15ClF2N2/c1-2-20-15(8-10-5-6-19-9-12(10)16)11-3-4-13(17)14(18)7-11/h3-7,9,15,20H,2,8H2,1H3. The lowest BCUT2D eigenvalue weighted by molar-refractivity contribution is 0.497. The molecule has 0 saturated heterocycles. The number of aromatic nitrogens is 1. The Balaban J connectivity index is 2.27. The van der Waals surface area contributed by atoms with Crippen molar-refractivity contribution in [2.75, 3.05) is 6.54 Å². The smallest absolute Gasteiger partial charge is 0.159 e. The van der Waals surface area contributed by atoms with E-state index in [0.717, 1.165) is 11.6 Å². The van der Waals surface area contributed by atoms with E-state index in [4.69, 9.17) is 11.6 Å². The van der Waals surface area contributed by atoms with Crippen molar-refractivity contribution in [1.29, 1.82) is 0 Å². The molecule has 2 rings (SSSR count). The summed E-state index contributed by atoms with van der Waals surface area (Å²) in [6, 6.07) is 5.64. The highest BCUT2D eigenvalue weighted by Gasteiger charge is 2.15. The van der Waals surface area contributed by atoms with Gasteiger partial charge in [-0.2, -0.15) is 0 Å². The zero-order valence-corrected chi connectivity index (χ0v) is 11.8. The summed E-state index contributed by atoms with van der Waals surface area (Å²) in [4.78, 5) is 3.93. The van der Waals surface area contributed by atoms with E-state index < -0.39 is 11.6 Å². The van der Waals surface area contributed by atoms with Crippen molar-refractivity contribution in [2.45, 2.75) is 19.4 Å². The van der Waals surface area contributed by atoms with Crippen LogP contribution >= 0.6 is 11.6 Å². The van der Waals surface area contributed by atoms with Crippen molar-refractivity contribution in [2.24, 2.45) is 0 Å². The number of likely N-dealkylation sites (N-methyl/N-ethyl adjacent to an activating group) is 1. The topological polar surface area (TPSA) is 24.9 Å². The molecule has 0 aliphatic heterocycles. The molecule has 1 aromatic carbocycles. The molecule has 0 radical (unpaired) electrons. The van der Waals surface area contributed by atoms with E-state index in [-0.39, 0.29) is 6.04 Å². The fraction of sp³-hybridized carbons (Fsp3) is 0.267. The number of nitrogens with one attached hydrogen (secondary N) is 1. The van der Waals surface area contributed by atoms with Crippen LogP contribution in [0.4, 0.5) is 8.78 Å². The van der Waals surface area contributed by atoms with Crippen molar-refractivity contribution >= 4 is 11.6 Å². The zero-order chi connectivity index (χ0) is 14.5. The molecule has 0 amide bonds. The SMILES string of the molecule is CCNC(Cc1ccncc1Cl)c1ccc(F)c(F)c1. The predicted octanol–water partition coefficient (Wildman–Crippen LogP) is 3.91. The normalized spacial score (nSPS) is 12.4. The Hall–Kier alpha value is -1.52. The molecular formula is C15H15ClF2N2. The minimum atomic E-state index is -0.842. The highest BCUT2D eigenvalue weighted by Crippen LogP contribution is 2.24. The summed E-state index contributed by atoms with van der Waals surface area (Å²) < 4.78 is 26.4. The Labute approximate surface area is 121 Å². The predicted molar refractivity (Wildman–Crippen MR) is 75.7 cm³/mol. The second-order valence-corrected chi connectivity index (χ2v) is 4.86. The molecule has 1 atom stereocenters. The number of hydrogen-bond acceptors (Lipinski definition) is 2. The van der Waals surface area contributed by atoms with E-state index in [9.17, 15) is 8.78 Å². The monoisotopic (exact) mass is 296 g/mol. The summed E-state index contributed by atoms with van der Waals surface area (Å²) >= 11 is 6.09. The third-order valence-corrected chi connectivity index (χ3v) is 3.42. The average Bonchev–Trinajstić information content (AvgIpc) is 2.44. The second-order valence-electron chi connectivity index (χ2n) is 4.46. The van der Waals surface area contributed by atoms with Crippen molar-refractivity contribution in [3.63, 3.8) is 0 Å². The molecule has 1 aromatic heterocycles. The van der Waals surface area contributed by atoms with Gasteiger partial charge in [-0.25, -0.2) is 8.78 Å². The number of hydrogen-bond donors (Lipinski definition) is 1. The molecule has 0 fully saturated rings. The van der Waals surface area contributed by atoms with Gasteiger partial charge >= 0.3 is 0 Å². The van der Waals surface area contributed by atoms with Crippen LogP contribution in [0, 0.1) is 11.6 Å². The highest BCUT2D eigenvalue weighted by atomic mass is 35.5. The van der Waals surface area contributed by atoms with Gasteiger partial charge in [0.05, 0.1) is 5.02 Å². The third kappa shape index (κ3) is 3.52. The summed E-state index contributed by atoms with van der Waals surface area (Å²) in [7, 11) is 0. The van der Waals surface area contributed by atoms with Gasteiger partial charge in [-0.15, -0.1) is 0 Å². The van der Waals surface area contributed by atoms with E-state index in [1.54, 1.807) is 18.5 Å². The van der Waals surface area contributed by atoms with E-state index >= 15 is 0 Å². The quantitative estimate of drug-likeness (QED) is 0.905. The Morgan fingerprint density at radius 3 is 2.70 bits per heavy atom. The molecule has 106 valence electrons. The lowest BCUT2D eigenvalue weighted by Crippen LogP contribution is -2.23. The van der Waals surface area contributed by atoms with Gasteiger partial charge in [0.1, 0.15) is 0 Å². The molecule has 0 saturated carbocycles. The third-order valence-electron chi connectivity index (χ3n) is 3.08. The fourth-order valence-electron chi connectivity index (χ4n) is 2.07. The van der Waals surface area contributed by atoms with Gasteiger partial charge in [0.25, 0.3) is 0 Å². The summed E-state index contributed by atoms with van der Waals surface area (Å²) in [5.41, 5.74) is 1.61. The van der Waals surface area contributed by atoms with Crippen LogP contribution in [0.3, 0.4) is 0 Å². The molecule has 0 spiro atoms. The highest BCUT2D eigenvalue weighted by molar-refractivity contribution is 6.31. The first kappa shape index (κ1) is 14.9. The Morgan fingerprint density at radius 1 is 1.25 bits per heavy atom. The Kier molecular flexibility index (Phi) is 5.04. The maximum Gasteiger partial charge on any atom is 0.159 e. The van der Waals surface area contributed by atoms with Crippen molar-refractivity contribution in [1.82, 2.24) is 10.3 Å². The number of pyridine rings is 1. The maximum absolute atomic E-state index is 13.4. The molecule has 5 heteroatoms. The van der Waals surface area contributed by atoms with Gasteiger partial charge in [-0.1, -0.05) is 24.6 Å². The van der Waals surface area contributed by atoms with Gasteiger partial charge in [-0.05, 0) is 42.3 Å². The number of nitrogens with zero attached hydrogens (tertiary/aromatic N) is 1. The van der Waals surface area contributed by atoms with Crippen molar-refractivity contribution in [3.8, 4) is 0 Å². The molecule has 20 heavy (non-hydrogen) atoms. The van der Waals surface area contributed by atoms with Gasteiger partial charge in [0, 0.05) is 18.4 Å². The molecule has 0 aliphatic carbocycles. The van der Waals surface area contributed by atoms with Crippen LogP contribution in [0.25, 0.3) is 0 Å². The molecule has 1 N–H and O–H groups in total. The minimum absolute atomic E-state index is 0.130. The molecule has 2 nitrogen and oxygen atoms in total. The molecule has 0 bridgehead atoms. The van der Waals surface area contributed by atoms with Gasteiger partial charge in [-0.3, -0.25) is 4.98 Å². The van der Waals surface area contributed by atoms with Crippen LogP contribution in [-0.4, -0.2) is 11.5 Å². The van der Waals surface area contributed by atoms with Gasteiger partial charge in [0.2, 0.25) is 0 Å². The molecule has 1 unspecified atom stereocenters. The van der Waals surface area contributed by atoms with E-state index in [1.165, 1.54) is 6.07 Å². The van der Waals surface area contributed by atoms with E-state index in [1.807, 2.05) is 13.0 Å². The van der Waals surface area contributed by atoms with Crippen LogP contribution < -0.4 is 5.32 Å². The number of halogens is 3. The molecule has 2 aromatic rings. The lowest BCUT2D eigenvalue weighted by Gasteiger charge is -2.19. The van der Waals surface area contributed by atoms with E-state index in [0.29, 0.717) is 23.6 Å². The molecule has 0 aliphatic rings. The van der Waals surface area contributed by atoms with Gasteiger partial charge in [0.15, 0.2) is 11.6 Å². The minimum Gasteiger partial charge on any atom is -0.310 e. The summed E-state index contributed by atoms with van der Waals surface area (Å²) in [6.07, 6.45) is 3.82. The van der Waals surface area contributed by atoms with E-state index in [2.05, 4.69) is 10.3 Å². The van der Waals surface area contributed by atoms with Gasteiger partial charge < -0.3 is 5.32 Å². The van der Waals surface area contributed by atoms with Crippen LogP contribution in [0.1, 0.15) is 24.1 Å². The molecule has 1 heterocycles. The molecular weight excluding hydrogens is 282 g/mol. The first-order chi connectivity index (χ1) is 9.61. The van der Waals surface area contributed by atoms with Crippen LogP contribution in [-0.2, 0) is 6.42 Å². The first-order valence-electron chi connectivity index (χ1n) is 6.38. The largest absolute Gasteiger partial charge is 0.310 e. The summed E-state index contributed by atoms with van der Waals surface area (Å²) in [5.74, 6) is -1.68.